The molecule has 2 rings (SSSR count). The number of aromatic nitrogens is 1. The topological polar surface area (TPSA) is 39.6 Å². The molecule has 0 aliphatic carbocycles. The predicted octanol–water partition coefficient (Wildman–Crippen LogP) is 1.10. The standard InChI is InChI=1S/C13H21N3O/c1-15-7-3-4-12(9-15)16(2)13-8-14-6-5-11(13)10-17/h5-6,8,12,17H,3-4,7,9-10H2,1-2H3. The van der Waals surface area contributed by atoms with Crippen molar-refractivity contribution in [1.29, 1.82) is 0 Å². The Hall–Kier alpha value is -1.13. The zero-order chi connectivity index (χ0) is 12.3. The lowest BCUT2D eigenvalue weighted by atomic mass is 10.0. The van der Waals surface area contributed by atoms with Crippen molar-refractivity contribution in [2.45, 2.75) is 25.5 Å². The molecular weight excluding hydrogens is 214 g/mol. The third-order valence-electron chi connectivity index (χ3n) is 3.59. The highest BCUT2D eigenvalue weighted by atomic mass is 16.3. The van der Waals surface area contributed by atoms with Crippen LogP contribution in [0, 0.1) is 0 Å². The van der Waals surface area contributed by atoms with Crippen molar-refractivity contribution in [3.05, 3.63) is 24.0 Å². The molecule has 1 atom stereocenters. The van der Waals surface area contributed by atoms with E-state index in [9.17, 15) is 5.11 Å². The number of aliphatic hydroxyl groups excluding tert-OH is 1. The van der Waals surface area contributed by atoms with Crippen LogP contribution in [0.4, 0.5) is 5.69 Å². The molecule has 1 fully saturated rings. The van der Waals surface area contributed by atoms with Gasteiger partial charge in [0.2, 0.25) is 0 Å². The molecule has 0 saturated carbocycles. The number of likely N-dealkylation sites (tertiary alicyclic amines) is 1. The fourth-order valence-corrected chi connectivity index (χ4v) is 2.52. The molecule has 1 saturated heterocycles. The van der Waals surface area contributed by atoms with Gasteiger partial charge in [-0.1, -0.05) is 0 Å². The first-order chi connectivity index (χ1) is 8.22. The van der Waals surface area contributed by atoms with Crippen molar-refractivity contribution in [1.82, 2.24) is 9.88 Å². The van der Waals surface area contributed by atoms with Crippen LogP contribution in [0.5, 0.6) is 0 Å². The van der Waals surface area contributed by atoms with Gasteiger partial charge in [0.1, 0.15) is 0 Å². The summed E-state index contributed by atoms with van der Waals surface area (Å²) in [5.41, 5.74) is 2.01. The van der Waals surface area contributed by atoms with Gasteiger partial charge in [0.25, 0.3) is 0 Å². The largest absolute Gasteiger partial charge is 0.392 e. The maximum absolute atomic E-state index is 9.35. The zero-order valence-corrected chi connectivity index (χ0v) is 10.6. The molecule has 0 radical (unpaired) electrons. The lowest BCUT2D eigenvalue weighted by Gasteiger charge is -2.37. The molecule has 1 aliphatic heterocycles. The number of piperidine rings is 1. The quantitative estimate of drug-likeness (QED) is 0.852. The number of nitrogens with zero attached hydrogens (tertiary/aromatic N) is 3. The first kappa shape index (κ1) is 12.3. The van der Waals surface area contributed by atoms with Crippen LogP contribution in [0.15, 0.2) is 18.5 Å². The minimum absolute atomic E-state index is 0.0742. The Morgan fingerprint density at radius 3 is 3.12 bits per heavy atom. The SMILES string of the molecule is CN1CCCC(N(C)c2cnccc2CO)C1. The monoisotopic (exact) mass is 235 g/mol. The fourth-order valence-electron chi connectivity index (χ4n) is 2.52. The van der Waals surface area contributed by atoms with E-state index in [0.29, 0.717) is 6.04 Å². The van der Waals surface area contributed by atoms with E-state index in [1.54, 1.807) is 6.20 Å². The number of hydrogen-bond acceptors (Lipinski definition) is 4. The van der Waals surface area contributed by atoms with Crippen molar-refractivity contribution in [3.63, 3.8) is 0 Å². The number of rotatable bonds is 3. The number of anilines is 1. The van der Waals surface area contributed by atoms with Gasteiger partial charge in [0.15, 0.2) is 0 Å². The molecular formula is C13H21N3O. The average molecular weight is 235 g/mol. The van der Waals surface area contributed by atoms with Crippen LogP contribution in [-0.2, 0) is 6.61 Å². The molecule has 2 heterocycles. The molecule has 1 N–H and O–H groups in total. The third-order valence-corrected chi connectivity index (χ3v) is 3.59. The smallest absolute Gasteiger partial charge is 0.0703 e. The van der Waals surface area contributed by atoms with Gasteiger partial charge in [0.05, 0.1) is 18.5 Å². The first-order valence-electron chi connectivity index (χ1n) is 6.17. The Balaban J connectivity index is 2.15. The lowest BCUT2D eigenvalue weighted by molar-refractivity contribution is 0.246. The second-order valence-electron chi connectivity index (χ2n) is 4.83. The van der Waals surface area contributed by atoms with Crippen molar-refractivity contribution >= 4 is 5.69 Å². The van der Waals surface area contributed by atoms with E-state index in [4.69, 9.17) is 0 Å². The minimum Gasteiger partial charge on any atom is -0.392 e. The van der Waals surface area contributed by atoms with Crippen LogP contribution in [0.2, 0.25) is 0 Å². The van der Waals surface area contributed by atoms with Crippen molar-refractivity contribution in [2.24, 2.45) is 0 Å². The summed E-state index contributed by atoms with van der Waals surface area (Å²) in [5.74, 6) is 0. The summed E-state index contributed by atoms with van der Waals surface area (Å²) >= 11 is 0. The van der Waals surface area contributed by atoms with E-state index < -0.39 is 0 Å². The molecule has 0 amide bonds. The first-order valence-corrected chi connectivity index (χ1v) is 6.17. The van der Waals surface area contributed by atoms with E-state index >= 15 is 0 Å². The summed E-state index contributed by atoms with van der Waals surface area (Å²) in [6, 6.07) is 2.40. The van der Waals surface area contributed by atoms with Crippen LogP contribution in [0.1, 0.15) is 18.4 Å². The highest BCUT2D eigenvalue weighted by Gasteiger charge is 2.22. The second-order valence-corrected chi connectivity index (χ2v) is 4.83. The Bertz CT molecular complexity index is 369. The maximum Gasteiger partial charge on any atom is 0.0703 e. The van der Waals surface area contributed by atoms with E-state index in [1.165, 1.54) is 19.4 Å². The Morgan fingerprint density at radius 1 is 1.59 bits per heavy atom. The predicted molar refractivity (Wildman–Crippen MR) is 69.1 cm³/mol. The molecule has 0 spiro atoms. The van der Waals surface area contributed by atoms with Gasteiger partial charge in [-0.05, 0) is 32.5 Å². The summed E-state index contributed by atoms with van der Waals surface area (Å²) in [7, 11) is 4.26. The molecule has 1 unspecified atom stereocenters. The van der Waals surface area contributed by atoms with Gasteiger partial charge in [-0.25, -0.2) is 0 Å². The van der Waals surface area contributed by atoms with Gasteiger partial charge >= 0.3 is 0 Å². The molecule has 1 aromatic heterocycles. The molecule has 0 aromatic carbocycles. The highest BCUT2D eigenvalue weighted by Crippen LogP contribution is 2.23. The number of pyridine rings is 1. The number of aliphatic hydroxyl groups is 1. The molecule has 4 heteroatoms. The second kappa shape index (κ2) is 5.47. The Labute approximate surface area is 103 Å². The molecule has 1 aromatic rings. The fraction of sp³-hybridized carbons (Fsp3) is 0.615. The molecule has 4 nitrogen and oxygen atoms in total. The van der Waals surface area contributed by atoms with E-state index in [0.717, 1.165) is 17.8 Å². The van der Waals surface area contributed by atoms with Crippen LogP contribution in [0.25, 0.3) is 0 Å². The summed E-state index contributed by atoms with van der Waals surface area (Å²) < 4.78 is 0. The Kier molecular flexibility index (Phi) is 3.97. The lowest BCUT2D eigenvalue weighted by Crippen LogP contribution is -2.45. The van der Waals surface area contributed by atoms with Crippen LogP contribution >= 0.6 is 0 Å². The molecule has 1 aliphatic rings. The van der Waals surface area contributed by atoms with Crippen molar-refractivity contribution in [3.8, 4) is 0 Å². The van der Waals surface area contributed by atoms with Gasteiger partial charge in [-0.2, -0.15) is 0 Å². The molecule has 17 heavy (non-hydrogen) atoms. The summed E-state index contributed by atoms with van der Waals surface area (Å²) in [4.78, 5) is 8.78. The highest BCUT2D eigenvalue weighted by molar-refractivity contribution is 5.51. The normalized spacial score (nSPS) is 21.5. The van der Waals surface area contributed by atoms with Crippen molar-refractivity contribution in [2.75, 3.05) is 32.1 Å². The van der Waals surface area contributed by atoms with Gasteiger partial charge in [-0.15, -0.1) is 0 Å². The van der Waals surface area contributed by atoms with E-state index in [-0.39, 0.29) is 6.61 Å². The summed E-state index contributed by atoms with van der Waals surface area (Å²) in [5, 5.41) is 9.35. The van der Waals surface area contributed by atoms with Gasteiger partial charge < -0.3 is 14.9 Å². The molecule has 0 bridgehead atoms. The average Bonchev–Trinajstić information content (AvgIpc) is 2.38. The van der Waals surface area contributed by atoms with E-state index in [1.807, 2.05) is 12.3 Å². The van der Waals surface area contributed by atoms with Gasteiger partial charge in [0, 0.05) is 31.4 Å². The van der Waals surface area contributed by atoms with E-state index in [2.05, 4.69) is 28.9 Å². The van der Waals surface area contributed by atoms with Crippen LogP contribution in [-0.4, -0.2) is 48.2 Å². The zero-order valence-electron chi connectivity index (χ0n) is 10.6. The van der Waals surface area contributed by atoms with Crippen molar-refractivity contribution < 1.29 is 5.11 Å². The van der Waals surface area contributed by atoms with Gasteiger partial charge in [-0.3, -0.25) is 4.98 Å². The summed E-state index contributed by atoms with van der Waals surface area (Å²) in [6.07, 6.45) is 6.02. The van der Waals surface area contributed by atoms with Crippen LogP contribution in [0.3, 0.4) is 0 Å². The third kappa shape index (κ3) is 2.76. The summed E-state index contributed by atoms with van der Waals surface area (Å²) in [6.45, 7) is 2.34. The minimum atomic E-state index is 0.0742. The number of hydrogen-bond donors (Lipinski definition) is 1. The Morgan fingerprint density at radius 2 is 2.41 bits per heavy atom. The molecule has 94 valence electrons. The number of likely N-dealkylation sites (N-methyl/N-ethyl adjacent to an activating group) is 2. The van der Waals surface area contributed by atoms with Crippen LogP contribution < -0.4 is 4.90 Å². The maximum atomic E-state index is 9.35.